The molecule has 33 heavy (non-hydrogen) atoms. The third kappa shape index (κ3) is 6.22. The maximum atomic E-state index is 12.4. The number of benzene rings is 2. The molecular weight excluding hydrogens is 420 g/mol. The second-order valence-electron chi connectivity index (χ2n) is 8.23. The molecule has 2 N–H and O–H groups in total. The minimum Gasteiger partial charge on any atom is -0.481 e. The van der Waals surface area contributed by atoms with Gasteiger partial charge in [-0.1, -0.05) is 54.6 Å². The van der Waals surface area contributed by atoms with Gasteiger partial charge in [-0.15, -0.1) is 0 Å². The molecule has 0 fully saturated rings. The van der Waals surface area contributed by atoms with Crippen LogP contribution in [-0.2, 0) is 14.3 Å². The number of carbonyl (C=O) groups is 3. The Balaban J connectivity index is 1.47. The molecule has 0 radical (unpaired) electrons. The van der Waals surface area contributed by atoms with Crippen molar-refractivity contribution in [3.05, 3.63) is 71.8 Å². The van der Waals surface area contributed by atoms with E-state index in [1.165, 1.54) is 17.2 Å². The first-order chi connectivity index (χ1) is 15.9. The largest absolute Gasteiger partial charge is 0.481 e. The standard InChI is InChI=1S/C26H30N2O5/c1-18(2)28(16-8-14-25(30)31)24(29)13-7-15-27-26(32)33-17-23-21-11-5-3-9-19(21)20-10-4-6-12-22(20)23/h3-7,9-13,18,23H,8,14-17H2,1-2H3,(H,27,32)(H,30,31)/b13-7+. The molecule has 0 saturated heterocycles. The first-order valence-electron chi connectivity index (χ1n) is 11.2. The van der Waals surface area contributed by atoms with Gasteiger partial charge in [0, 0.05) is 37.5 Å². The predicted octanol–water partition coefficient (Wildman–Crippen LogP) is 4.18. The average Bonchev–Trinajstić information content (AvgIpc) is 3.11. The summed E-state index contributed by atoms with van der Waals surface area (Å²) in [6.07, 6.45) is 2.83. The van der Waals surface area contributed by atoms with Crippen LogP contribution in [0.25, 0.3) is 11.1 Å². The molecular formula is C26H30N2O5. The van der Waals surface area contributed by atoms with Crippen LogP contribution in [-0.4, -0.2) is 53.7 Å². The number of alkyl carbamates (subject to hydrolysis) is 1. The van der Waals surface area contributed by atoms with Crippen LogP contribution >= 0.6 is 0 Å². The van der Waals surface area contributed by atoms with Crippen molar-refractivity contribution in [1.82, 2.24) is 10.2 Å². The molecule has 2 aromatic carbocycles. The van der Waals surface area contributed by atoms with Crippen molar-refractivity contribution in [2.24, 2.45) is 0 Å². The number of amides is 2. The Kier molecular flexibility index (Phi) is 8.24. The van der Waals surface area contributed by atoms with E-state index in [2.05, 4.69) is 29.6 Å². The lowest BCUT2D eigenvalue weighted by Gasteiger charge is -2.25. The minimum atomic E-state index is -0.881. The number of carboxylic acids is 1. The summed E-state index contributed by atoms with van der Waals surface area (Å²) in [5, 5.41) is 11.4. The molecule has 0 heterocycles. The molecule has 1 aliphatic carbocycles. The first kappa shape index (κ1) is 24.0. The van der Waals surface area contributed by atoms with Crippen molar-refractivity contribution in [1.29, 1.82) is 0 Å². The zero-order valence-electron chi connectivity index (χ0n) is 19.0. The van der Waals surface area contributed by atoms with Crippen molar-refractivity contribution in [3.8, 4) is 11.1 Å². The van der Waals surface area contributed by atoms with Crippen LogP contribution in [0.15, 0.2) is 60.7 Å². The molecule has 0 atom stereocenters. The number of hydrogen-bond acceptors (Lipinski definition) is 4. The number of carbonyl (C=O) groups excluding carboxylic acids is 2. The lowest BCUT2D eigenvalue weighted by molar-refractivity contribution is -0.138. The number of nitrogens with one attached hydrogen (secondary N) is 1. The number of carboxylic acid groups (broad SMARTS) is 1. The smallest absolute Gasteiger partial charge is 0.407 e. The molecule has 2 aromatic rings. The molecule has 7 heteroatoms. The zero-order chi connectivity index (χ0) is 23.8. The Morgan fingerprint density at radius 3 is 2.24 bits per heavy atom. The Hall–Kier alpha value is -3.61. The van der Waals surface area contributed by atoms with Crippen LogP contribution in [0.5, 0.6) is 0 Å². The van der Waals surface area contributed by atoms with Gasteiger partial charge >= 0.3 is 12.1 Å². The zero-order valence-corrected chi connectivity index (χ0v) is 19.0. The Morgan fingerprint density at radius 2 is 1.67 bits per heavy atom. The fourth-order valence-electron chi connectivity index (χ4n) is 4.07. The van der Waals surface area contributed by atoms with E-state index < -0.39 is 12.1 Å². The third-order valence-electron chi connectivity index (χ3n) is 5.66. The molecule has 0 spiro atoms. The number of ether oxygens (including phenoxy) is 1. The van der Waals surface area contributed by atoms with Gasteiger partial charge in [-0.2, -0.15) is 0 Å². The number of rotatable bonds is 10. The van der Waals surface area contributed by atoms with Gasteiger partial charge in [0.2, 0.25) is 5.91 Å². The summed E-state index contributed by atoms with van der Waals surface area (Å²) in [7, 11) is 0. The van der Waals surface area contributed by atoms with Gasteiger partial charge in [0.25, 0.3) is 0 Å². The fraction of sp³-hybridized carbons (Fsp3) is 0.346. The van der Waals surface area contributed by atoms with Crippen LogP contribution in [0.3, 0.4) is 0 Å². The number of hydrogen-bond donors (Lipinski definition) is 2. The van der Waals surface area contributed by atoms with Gasteiger partial charge in [-0.3, -0.25) is 9.59 Å². The lowest BCUT2D eigenvalue weighted by atomic mass is 9.98. The highest BCUT2D eigenvalue weighted by Crippen LogP contribution is 2.44. The maximum Gasteiger partial charge on any atom is 0.407 e. The fourth-order valence-corrected chi connectivity index (χ4v) is 4.07. The summed E-state index contributed by atoms with van der Waals surface area (Å²) in [6.45, 7) is 4.51. The number of nitrogens with zero attached hydrogens (tertiary/aromatic N) is 1. The molecule has 7 nitrogen and oxygen atoms in total. The van der Waals surface area contributed by atoms with Gasteiger partial charge in [0.15, 0.2) is 0 Å². The Morgan fingerprint density at radius 1 is 1.06 bits per heavy atom. The van der Waals surface area contributed by atoms with Gasteiger partial charge in [0.05, 0.1) is 0 Å². The second kappa shape index (κ2) is 11.3. The van der Waals surface area contributed by atoms with Gasteiger partial charge < -0.3 is 20.1 Å². The van der Waals surface area contributed by atoms with Gasteiger partial charge in [-0.25, -0.2) is 4.79 Å². The lowest BCUT2D eigenvalue weighted by Crippen LogP contribution is -2.37. The molecule has 0 saturated carbocycles. The monoisotopic (exact) mass is 450 g/mol. The normalized spacial score (nSPS) is 12.5. The summed E-state index contributed by atoms with van der Waals surface area (Å²) in [5.74, 6) is -1.11. The molecule has 3 rings (SSSR count). The maximum absolute atomic E-state index is 12.4. The summed E-state index contributed by atoms with van der Waals surface area (Å²) in [6, 6.07) is 16.2. The molecule has 0 unspecified atom stereocenters. The molecule has 0 aromatic heterocycles. The van der Waals surface area contributed by atoms with Crippen molar-refractivity contribution in [3.63, 3.8) is 0 Å². The molecule has 2 amide bonds. The third-order valence-corrected chi connectivity index (χ3v) is 5.66. The Bertz CT molecular complexity index is 985. The van der Waals surface area contributed by atoms with E-state index in [1.807, 2.05) is 38.1 Å². The summed E-state index contributed by atoms with van der Waals surface area (Å²) >= 11 is 0. The minimum absolute atomic E-state index is 0.00864. The van der Waals surface area contributed by atoms with Crippen molar-refractivity contribution < 1.29 is 24.2 Å². The van der Waals surface area contributed by atoms with Crippen molar-refractivity contribution in [2.45, 2.75) is 38.6 Å². The van der Waals surface area contributed by atoms with Gasteiger partial charge in [-0.05, 0) is 42.5 Å². The summed E-state index contributed by atoms with van der Waals surface area (Å²) in [5.41, 5.74) is 4.63. The molecule has 0 aliphatic heterocycles. The second-order valence-corrected chi connectivity index (χ2v) is 8.23. The van der Waals surface area contributed by atoms with E-state index in [4.69, 9.17) is 9.84 Å². The number of fused-ring (bicyclic) bond motifs is 3. The summed E-state index contributed by atoms with van der Waals surface area (Å²) in [4.78, 5) is 36.9. The van der Waals surface area contributed by atoms with E-state index >= 15 is 0 Å². The van der Waals surface area contributed by atoms with Crippen LogP contribution in [0, 0.1) is 0 Å². The average molecular weight is 451 g/mol. The summed E-state index contributed by atoms with van der Waals surface area (Å²) < 4.78 is 5.47. The van der Waals surface area contributed by atoms with Crippen molar-refractivity contribution in [2.75, 3.05) is 19.7 Å². The van der Waals surface area contributed by atoms with Gasteiger partial charge in [0.1, 0.15) is 6.61 Å². The molecule has 1 aliphatic rings. The van der Waals surface area contributed by atoms with Crippen LogP contribution in [0.4, 0.5) is 4.79 Å². The predicted molar refractivity (Wildman–Crippen MR) is 126 cm³/mol. The van der Waals surface area contributed by atoms with E-state index in [-0.39, 0.29) is 37.4 Å². The van der Waals surface area contributed by atoms with Crippen molar-refractivity contribution >= 4 is 18.0 Å². The number of aliphatic carboxylic acids is 1. The Labute approximate surface area is 194 Å². The highest BCUT2D eigenvalue weighted by atomic mass is 16.5. The SMILES string of the molecule is CC(C)N(CCCC(=O)O)C(=O)/C=C/CNC(=O)OCC1c2ccccc2-c2ccccc21. The van der Waals surface area contributed by atoms with Crippen LogP contribution in [0.1, 0.15) is 43.7 Å². The van der Waals surface area contributed by atoms with Crippen LogP contribution < -0.4 is 5.32 Å². The van der Waals surface area contributed by atoms with E-state index in [0.717, 1.165) is 11.1 Å². The van der Waals surface area contributed by atoms with E-state index in [9.17, 15) is 14.4 Å². The molecule has 0 bridgehead atoms. The topological polar surface area (TPSA) is 95.9 Å². The van der Waals surface area contributed by atoms with Crippen LogP contribution in [0.2, 0.25) is 0 Å². The molecule has 174 valence electrons. The highest BCUT2D eigenvalue weighted by Gasteiger charge is 2.28. The quantitative estimate of drug-likeness (QED) is 0.530. The first-order valence-corrected chi connectivity index (χ1v) is 11.2. The van der Waals surface area contributed by atoms with E-state index in [0.29, 0.717) is 13.0 Å². The highest BCUT2D eigenvalue weighted by molar-refractivity contribution is 5.88. The van der Waals surface area contributed by atoms with E-state index in [1.54, 1.807) is 11.0 Å².